The second-order valence-electron chi connectivity index (χ2n) is 7.92. The Kier molecular flexibility index (Phi) is 6.50. The van der Waals surface area contributed by atoms with Gasteiger partial charge in [-0.05, 0) is 24.1 Å². The van der Waals surface area contributed by atoms with Gasteiger partial charge in [0.15, 0.2) is 5.65 Å². The summed E-state index contributed by atoms with van der Waals surface area (Å²) in [4.78, 5) is 11.5. The van der Waals surface area contributed by atoms with Gasteiger partial charge < -0.3 is 14.8 Å². The van der Waals surface area contributed by atoms with Crippen LogP contribution < -0.4 is 10.1 Å². The Morgan fingerprint density at radius 2 is 2.10 bits per heavy atom. The molecule has 1 aromatic carbocycles. The summed E-state index contributed by atoms with van der Waals surface area (Å²) in [5.41, 5.74) is 4.02. The lowest BCUT2D eigenvalue weighted by molar-refractivity contribution is 0.0339. The third kappa shape index (κ3) is 4.42. The SMILES string of the molecule is CCC(C)CNc1c(-c2ccc(OC)c(CN3CCOCC3)c2)nc2cnccn12. The van der Waals surface area contributed by atoms with Crippen molar-refractivity contribution in [2.75, 3.05) is 45.3 Å². The summed E-state index contributed by atoms with van der Waals surface area (Å²) in [5.74, 6) is 2.50. The Hall–Kier alpha value is -2.64. The summed E-state index contributed by atoms with van der Waals surface area (Å²) >= 11 is 0. The van der Waals surface area contributed by atoms with Crippen molar-refractivity contribution in [2.24, 2.45) is 5.92 Å². The normalized spacial score (nSPS) is 16.0. The maximum Gasteiger partial charge on any atom is 0.157 e. The van der Waals surface area contributed by atoms with E-state index in [1.54, 1.807) is 19.5 Å². The van der Waals surface area contributed by atoms with Gasteiger partial charge in [0, 0.05) is 49.7 Å². The van der Waals surface area contributed by atoms with E-state index in [2.05, 4.69) is 45.6 Å². The summed E-state index contributed by atoms with van der Waals surface area (Å²) in [6, 6.07) is 6.34. The second-order valence-corrected chi connectivity index (χ2v) is 7.92. The van der Waals surface area contributed by atoms with Gasteiger partial charge in [0.1, 0.15) is 17.3 Å². The molecule has 7 heteroatoms. The van der Waals surface area contributed by atoms with Gasteiger partial charge in [-0.15, -0.1) is 0 Å². The minimum Gasteiger partial charge on any atom is -0.496 e. The Labute approximate surface area is 178 Å². The van der Waals surface area contributed by atoms with Gasteiger partial charge in [-0.3, -0.25) is 14.3 Å². The summed E-state index contributed by atoms with van der Waals surface area (Å²) < 4.78 is 13.2. The van der Waals surface area contributed by atoms with Crippen LogP contribution in [0.1, 0.15) is 25.8 Å². The molecule has 0 radical (unpaired) electrons. The number of hydrogen-bond acceptors (Lipinski definition) is 6. The van der Waals surface area contributed by atoms with Gasteiger partial charge in [-0.1, -0.05) is 20.3 Å². The van der Waals surface area contributed by atoms with Crippen molar-refractivity contribution in [3.63, 3.8) is 0 Å². The van der Waals surface area contributed by atoms with E-state index < -0.39 is 0 Å². The van der Waals surface area contributed by atoms with Gasteiger partial charge in [-0.2, -0.15) is 0 Å². The number of fused-ring (bicyclic) bond motifs is 1. The van der Waals surface area contributed by atoms with Gasteiger partial charge in [0.2, 0.25) is 0 Å². The van der Waals surface area contributed by atoms with Crippen molar-refractivity contribution in [3.05, 3.63) is 42.4 Å². The molecule has 1 unspecified atom stereocenters. The second kappa shape index (κ2) is 9.45. The maximum absolute atomic E-state index is 5.65. The third-order valence-electron chi connectivity index (χ3n) is 5.80. The highest BCUT2D eigenvalue weighted by atomic mass is 16.5. The van der Waals surface area contributed by atoms with E-state index in [1.807, 2.05) is 12.3 Å². The number of morpholine rings is 1. The number of hydrogen-bond donors (Lipinski definition) is 1. The third-order valence-corrected chi connectivity index (χ3v) is 5.80. The van der Waals surface area contributed by atoms with Crippen LogP contribution in [0.5, 0.6) is 5.75 Å². The largest absolute Gasteiger partial charge is 0.496 e. The molecule has 0 saturated carbocycles. The van der Waals surface area contributed by atoms with Gasteiger partial charge in [0.25, 0.3) is 0 Å². The maximum atomic E-state index is 5.65. The van der Waals surface area contributed by atoms with Crippen LogP contribution in [0.15, 0.2) is 36.8 Å². The Bertz CT molecular complexity index is 981. The van der Waals surface area contributed by atoms with E-state index in [9.17, 15) is 0 Å². The number of aromatic nitrogens is 3. The molecule has 1 aliphatic rings. The van der Waals surface area contributed by atoms with Gasteiger partial charge in [0.05, 0.1) is 26.5 Å². The first-order chi connectivity index (χ1) is 14.7. The van der Waals surface area contributed by atoms with Crippen molar-refractivity contribution in [1.82, 2.24) is 19.3 Å². The number of benzene rings is 1. The van der Waals surface area contributed by atoms with Crippen molar-refractivity contribution in [3.8, 4) is 17.0 Å². The lowest BCUT2D eigenvalue weighted by Crippen LogP contribution is -2.35. The average Bonchev–Trinajstić information content (AvgIpc) is 3.16. The lowest BCUT2D eigenvalue weighted by Gasteiger charge is -2.27. The number of imidazole rings is 1. The zero-order chi connectivity index (χ0) is 20.9. The van der Waals surface area contributed by atoms with Crippen molar-refractivity contribution >= 4 is 11.5 Å². The molecule has 1 aliphatic heterocycles. The van der Waals surface area contributed by atoms with Crippen LogP contribution in [0.25, 0.3) is 16.9 Å². The molecule has 0 aliphatic carbocycles. The first-order valence-electron chi connectivity index (χ1n) is 10.7. The monoisotopic (exact) mass is 409 g/mol. The Morgan fingerprint density at radius 3 is 2.87 bits per heavy atom. The Balaban J connectivity index is 1.71. The molecule has 0 spiro atoms. The van der Waals surface area contributed by atoms with E-state index >= 15 is 0 Å². The summed E-state index contributed by atoms with van der Waals surface area (Å²) in [5, 5.41) is 3.63. The smallest absolute Gasteiger partial charge is 0.157 e. The number of methoxy groups -OCH3 is 1. The quantitative estimate of drug-likeness (QED) is 0.612. The molecule has 0 bridgehead atoms. The highest BCUT2D eigenvalue weighted by molar-refractivity contribution is 5.77. The fraction of sp³-hybridized carbons (Fsp3) is 0.478. The predicted molar refractivity (Wildman–Crippen MR) is 119 cm³/mol. The molecule has 160 valence electrons. The first kappa shape index (κ1) is 20.6. The highest BCUT2D eigenvalue weighted by Crippen LogP contribution is 2.32. The molecule has 0 amide bonds. The summed E-state index contributed by atoms with van der Waals surface area (Å²) in [7, 11) is 1.73. The van der Waals surface area contributed by atoms with Crippen molar-refractivity contribution < 1.29 is 9.47 Å². The molecule has 30 heavy (non-hydrogen) atoms. The number of nitrogens with one attached hydrogen (secondary N) is 1. The fourth-order valence-electron chi connectivity index (χ4n) is 3.74. The highest BCUT2D eigenvalue weighted by Gasteiger charge is 2.18. The van der Waals surface area contributed by atoms with Crippen LogP contribution in [0.2, 0.25) is 0 Å². The molecule has 1 fully saturated rings. The summed E-state index contributed by atoms with van der Waals surface area (Å²) in [6.07, 6.45) is 6.69. The van der Waals surface area contributed by atoms with Gasteiger partial charge in [-0.25, -0.2) is 4.98 Å². The number of ether oxygens (including phenoxy) is 2. The minimum absolute atomic E-state index is 0.581. The fourth-order valence-corrected chi connectivity index (χ4v) is 3.74. The molecule has 1 atom stereocenters. The first-order valence-corrected chi connectivity index (χ1v) is 10.7. The molecule has 7 nitrogen and oxygen atoms in total. The van der Waals surface area contributed by atoms with E-state index in [-0.39, 0.29) is 0 Å². The molecular formula is C23H31N5O2. The molecule has 3 heterocycles. The van der Waals surface area contributed by atoms with Crippen LogP contribution in [-0.2, 0) is 11.3 Å². The van der Waals surface area contributed by atoms with E-state index in [1.165, 1.54) is 5.56 Å². The Morgan fingerprint density at radius 1 is 1.27 bits per heavy atom. The van der Waals surface area contributed by atoms with Crippen LogP contribution in [0.3, 0.4) is 0 Å². The topological polar surface area (TPSA) is 63.9 Å². The van der Waals surface area contributed by atoms with Crippen LogP contribution in [0.4, 0.5) is 5.82 Å². The molecule has 3 aromatic rings. The van der Waals surface area contributed by atoms with Crippen LogP contribution in [0, 0.1) is 5.92 Å². The molecule has 2 aromatic heterocycles. The van der Waals surface area contributed by atoms with E-state index in [4.69, 9.17) is 14.5 Å². The van der Waals surface area contributed by atoms with Gasteiger partial charge >= 0.3 is 0 Å². The number of rotatable bonds is 8. The molecule has 1 N–H and O–H groups in total. The van der Waals surface area contributed by atoms with Crippen molar-refractivity contribution in [1.29, 1.82) is 0 Å². The predicted octanol–water partition coefficient (Wildman–Crippen LogP) is 3.70. The standard InChI is InChI=1S/C23H31N5O2/c1-4-17(2)14-25-23-22(26-21-15-24-7-8-28(21)23)18-5-6-20(29-3)19(13-18)16-27-9-11-30-12-10-27/h5-8,13,15,17,25H,4,9-12,14,16H2,1-3H3. The van der Waals surface area contributed by atoms with E-state index in [0.717, 1.165) is 74.3 Å². The molecular weight excluding hydrogens is 378 g/mol. The zero-order valence-corrected chi connectivity index (χ0v) is 18.1. The number of anilines is 1. The van der Waals surface area contributed by atoms with Crippen LogP contribution in [-0.4, -0.2) is 59.2 Å². The molecule has 4 rings (SSSR count). The average molecular weight is 410 g/mol. The molecule has 1 saturated heterocycles. The van der Waals surface area contributed by atoms with Crippen molar-refractivity contribution in [2.45, 2.75) is 26.8 Å². The van der Waals surface area contributed by atoms with E-state index in [0.29, 0.717) is 5.92 Å². The zero-order valence-electron chi connectivity index (χ0n) is 18.1. The minimum atomic E-state index is 0.581. The summed E-state index contributed by atoms with van der Waals surface area (Å²) in [6.45, 7) is 9.65. The van der Waals surface area contributed by atoms with Crippen LogP contribution >= 0.6 is 0 Å². The number of nitrogens with zero attached hydrogens (tertiary/aromatic N) is 4. The lowest BCUT2D eigenvalue weighted by atomic mass is 10.1.